The number of carbonyl (C=O) groups excluding carboxylic acids is 2. The number of nitrogens with zero attached hydrogens (tertiary/aromatic N) is 3. The van der Waals surface area contributed by atoms with Crippen LogP contribution in [0.1, 0.15) is 6.92 Å². The molecule has 2 aliphatic heterocycles. The van der Waals surface area contributed by atoms with Gasteiger partial charge in [0.2, 0.25) is 0 Å². The molecule has 0 unspecified atom stereocenters. The highest BCUT2D eigenvalue weighted by molar-refractivity contribution is 6.52. The van der Waals surface area contributed by atoms with E-state index in [2.05, 4.69) is 11.8 Å². The van der Waals surface area contributed by atoms with Crippen molar-refractivity contribution in [3.63, 3.8) is 0 Å². The summed E-state index contributed by atoms with van der Waals surface area (Å²) < 4.78 is 5.27. The van der Waals surface area contributed by atoms with Gasteiger partial charge in [0, 0.05) is 26.2 Å². The number of methoxy groups -OCH3 is 1. The second-order valence-corrected chi connectivity index (χ2v) is 6.08. The molecule has 0 N–H and O–H groups in total. The van der Waals surface area contributed by atoms with Gasteiger partial charge in [-0.15, -0.1) is 0 Å². The standard InChI is InChI=1S/C17H20ClN3O3/c1-3-19-8-10-20(11-9-19)15-14(18)16(22)21(17(15)23)12-6-4-5-7-13(12)24-2/h4-7H,3,8-11H2,1-2H3. The summed E-state index contributed by atoms with van der Waals surface area (Å²) in [5.74, 6) is -0.431. The lowest BCUT2D eigenvalue weighted by atomic mass is 10.2. The van der Waals surface area contributed by atoms with E-state index in [1.54, 1.807) is 24.3 Å². The van der Waals surface area contributed by atoms with Crippen molar-refractivity contribution >= 4 is 29.1 Å². The minimum atomic E-state index is -0.501. The molecule has 1 aromatic carbocycles. The predicted molar refractivity (Wildman–Crippen MR) is 92.1 cm³/mol. The zero-order chi connectivity index (χ0) is 17.3. The first-order chi connectivity index (χ1) is 11.6. The van der Waals surface area contributed by atoms with Crippen molar-refractivity contribution in [2.24, 2.45) is 0 Å². The highest BCUT2D eigenvalue weighted by Crippen LogP contribution is 2.36. The lowest BCUT2D eigenvalue weighted by Gasteiger charge is -2.35. The van der Waals surface area contributed by atoms with E-state index in [-0.39, 0.29) is 10.9 Å². The number of halogens is 1. The molecule has 6 nitrogen and oxygen atoms in total. The van der Waals surface area contributed by atoms with Crippen LogP contribution >= 0.6 is 11.6 Å². The highest BCUT2D eigenvalue weighted by Gasteiger charge is 2.42. The zero-order valence-electron chi connectivity index (χ0n) is 13.8. The number of hydrogen-bond acceptors (Lipinski definition) is 5. The fraction of sp³-hybridized carbons (Fsp3) is 0.412. The molecule has 1 aromatic rings. The zero-order valence-corrected chi connectivity index (χ0v) is 14.5. The Balaban J connectivity index is 1.88. The second kappa shape index (κ2) is 6.83. The van der Waals surface area contributed by atoms with E-state index in [4.69, 9.17) is 16.3 Å². The number of hydrogen-bond donors (Lipinski definition) is 0. The van der Waals surface area contributed by atoms with E-state index < -0.39 is 5.91 Å². The van der Waals surface area contributed by atoms with Gasteiger partial charge < -0.3 is 14.5 Å². The molecular weight excluding hydrogens is 330 g/mol. The number of anilines is 1. The summed E-state index contributed by atoms with van der Waals surface area (Å²) in [4.78, 5) is 30.8. The lowest BCUT2D eigenvalue weighted by Crippen LogP contribution is -2.47. The van der Waals surface area contributed by atoms with Crippen molar-refractivity contribution in [3.05, 3.63) is 35.0 Å². The summed E-state index contributed by atoms with van der Waals surface area (Å²) >= 11 is 6.24. The summed E-state index contributed by atoms with van der Waals surface area (Å²) in [5, 5.41) is -0.0177. The molecule has 1 fully saturated rings. The fourth-order valence-corrected chi connectivity index (χ4v) is 3.37. The summed E-state index contributed by atoms with van der Waals surface area (Å²) in [6.45, 7) is 6.13. The SMILES string of the molecule is CCN1CCN(C2=C(Cl)C(=O)N(c3ccccc3OC)C2=O)CC1. The smallest absolute Gasteiger partial charge is 0.283 e. The maximum Gasteiger partial charge on any atom is 0.283 e. The molecule has 0 aliphatic carbocycles. The first-order valence-corrected chi connectivity index (χ1v) is 8.35. The summed E-state index contributed by atoms with van der Waals surface area (Å²) in [6.07, 6.45) is 0. The highest BCUT2D eigenvalue weighted by atomic mass is 35.5. The Morgan fingerprint density at radius 1 is 1.08 bits per heavy atom. The molecule has 2 amide bonds. The van der Waals surface area contributed by atoms with Gasteiger partial charge in [0.05, 0.1) is 12.8 Å². The van der Waals surface area contributed by atoms with E-state index in [9.17, 15) is 9.59 Å². The average molecular weight is 350 g/mol. The summed E-state index contributed by atoms with van der Waals surface area (Å²) in [7, 11) is 1.50. The maximum absolute atomic E-state index is 12.9. The number of para-hydroxylation sites is 2. The van der Waals surface area contributed by atoms with Crippen LogP contribution < -0.4 is 9.64 Å². The molecule has 0 spiro atoms. The van der Waals surface area contributed by atoms with Crippen molar-refractivity contribution in [2.75, 3.05) is 44.7 Å². The van der Waals surface area contributed by atoms with Crippen molar-refractivity contribution < 1.29 is 14.3 Å². The molecule has 0 bridgehead atoms. The van der Waals surface area contributed by atoms with E-state index in [1.165, 1.54) is 7.11 Å². The molecule has 2 aliphatic rings. The van der Waals surface area contributed by atoms with Gasteiger partial charge in [-0.2, -0.15) is 0 Å². The molecule has 0 aromatic heterocycles. The molecule has 3 rings (SSSR count). The van der Waals surface area contributed by atoms with Crippen LogP contribution in [0.3, 0.4) is 0 Å². The third kappa shape index (κ3) is 2.76. The third-order valence-electron chi connectivity index (χ3n) is 4.47. The van der Waals surface area contributed by atoms with Crippen LogP contribution in [0.5, 0.6) is 5.75 Å². The van der Waals surface area contributed by atoms with Crippen LogP contribution in [0.2, 0.25) is 0 Å². The fourth-order valence-electron chi connectivity index (χ4n) is 3.09. The van der Waals surface area contributed by atoms with E-state index in [0.29, 0.717) is 30.2 Å². The molecule has 0 atom stereocenters. The molecule has 0 saturated carbocycles. The van der Waals surface area contributed by atoms with Crippen LogP contribution in [0.4, 0.5) is 5.69 Å². The molecule has 2 heterocycles. The van der Waals surface area contributed by atoms with Crippen molar-refractivity contribution in [1.82, 2.24) is 9.80 Å². The Morgan fingerprint density at radius 2 is 1.75 bits per heavy atom. The van der Waals surface area contributed by atoms with Crippen molar-refractivity contribution in [1.29, 1.82) is 0 Å². The number of ether oxygens (including phenoxy) is 1. The number of imide groups is 1. The minimum Gasteiger partial charge on any atom is -0.495 e. The summed E-state index contributed by atoms with van der Waals surface area (Å²) in [6, 6.07) is 6.93. The number of benzene rings is 1. The molecule has 1 saturated heterocycles. The molecular formula is C17H20ClN3O3. The molecule has 7 heteroatoms. The number of piperazine rings is 1. The van der Waals surface area contributed by atoms with Crippen LogP contribution in [0, 0.1) is 0 Å². The van der Waals surface area contributed by atoms with E-state index in [1.807, 2.05) is 4.90 Å². The van der Waals surface area contributed by atoms with Crippen LogP contribution in [-0.4, -0.2) is 61.4 Å². The monoisotopic (exact) mass is 349 g/mol. The first-order valence-electron chi connectivity index (χ1n) is 7.97. The first kappa shape index (κ1) is 16.8. The average Bonchev–Trinajstić information content (AvgIpc) is 2.84. The third-order valence-corrected chi connectivity index (χ3v) is 4.81. The van der Waals surface area contributed by atoms with Gasteiger partial charge in [-0.3, -0.25) is 9.59 Å². The quantitative estimate of drug-likeness (QED) is 0.774. The Hall–Kier alpha value is -2.05. The number of rotatable bonds is 4. The van der Waals surface area contributed by atoms with Gasteiger partial charge in [-0.25, -0.2) is 4.90 Å². The molecule has 0 radical (unpaired) electrons. The Bertz CT molecular complexity index is 696. The van der Waals surface area contributed by atoms with Gasteiger partial charge in [0.1, 0.15) is 16.5 Å². The van der Waals surface area contributed by atoms with Crippen LogP contribution in [0.25, 0.3) is 0 Å². The van der Waals surface area contributed by atoms with Gasteiger partial charge in [-0.1, -0.05) is 30.7 Å². The lowest BCUT2D eigenvalue weighted by molar-refractivity contribution is -0.121. The molecule has 128 valence electrons. The van der Waals surface area contributed by atoms with Gasteiger partial charge in [-0.05, 0) is 18.7 Å². The van der Waals surface area contributed by atoms with Gasteiger partial charge >= 0.3 is 0 Å². The van der Waals surface area contributed by atoms with Crippen LogP contribution in [-0.2, 0) is 9.59 Å². The second-order valence-electron chi connectivity index (χ2n) is 5.70. The van der Waals surface area contributed by atoms with Gasteiger partial charge in [0.15, 0.2) is 0 Å². The number of amides is 2. The maximum atomic E-state index is 12.9. The van der Waals surface area contributed by atoms with Gasteiger partial charge in [0.25, 0.3) is 11.8 Å². The van der Waals surface area contributed by atoms with E-state index in [0.717, 1.165) is 24.5 Å². The number of likely N-dealkylation sites (N-methyl/N-ethyl adjacent to an activating group) is 1. The minimum absolute atomic E-state index is 0.0177. The Kier molecular flexibility index (Phi) is 4.78. The Labute approximate surface area is 146 Å². The van der Waals surface area contributed by atoms with Crippen molar-refractivity contribution in [3.8, 4) is 5.75 Å². The normalized spacial score (nSPS) is 19.5. The molecule has 24 heavy (non-hydrogen) atoms. The largest absolute Gasteiger partial charge is 0.495 e. The van der Waals surface area contributed by atoms with Crippen LogP contribution in [0.15, 0.2) is 35.0 Å². The van der Waals surface area contributed by atoms with Crippen molar-refractivity contribution in [2.45, 2.75) is 6.92 Å². The topological polar surface area (TPSA) is 53.1 Å². The predicted octanol–water partition coefficient (Wildman–Crippen LogP) is 1.66. The van der Waals surface area contributed by atoms with E-state index >= 15 is 0 Å². The summed E-state index contributed by atoms with van der Waals surface area (Å²) in [5.41, 5.74) is 0.707. The Morgan fingerprint density at radius 3 is 2.38 bits per heavy atom. The number of carbonyl (C=O) groups is 2.